The van der Waals surface area contributed by atoms with Crippen molar-refractivity contribution in [3.05, 3.63) is 64.7 Å². The lowest BCUT2D eigenvalue weighted by molar-refractivity contribution is -0.129. The average Bonchev–Trinajstić information content (AvgIpc) is 3.34. The summed E-state index contributed by atoms with van der Waals surface area (Å²) >= 11 is 12.7. The number of aryl methyl sites for hydroxylation is 1. The number of ether oxygens (including phenoxy) is 1. The van der Waals surface area contributed by atoms with Gasteiger partial charge in [0.2, 0.25) is 5.91 Å². The third-order valence-corrected chi connectivity index (χ3v) is 7.86. The van der Waals surface area contributed by atoms with E-state index < -0.39 is 0 Å². The van der Waals surface area contributed by atoms with Crippen molar-refractivity contribution in [3.8, 4) is 11.3 Å². The number of anilines is 3. The number of carbonyl (C=O) groups is 1. The second kappa shape index (κ2) is 11.5. The number of imidazole rings is 1. The van der Waals surface area contributed by atoms with E-state index in [-0.39, 0.29) is 12.5 Å². The van der Waals surface area contributed by atoms with Gasteiger partial charge in [-0.1, -0.05) is 29.3 Å². The average molecular weight is 582 g/mol. The van der Waals surface area contributed by atoms with Crippen molar-refractivity contribution in [2.75, 3.05) is 74.1 Å². The Labute approximate surface area is 242 Å². The summed E-state index contributed by atoms with van der Waals surface area (Å²) in [6.45, 7) is 7.65. The molecular formula is C28H30Cl2N8O2. The lowest BCUT2D eigenvalue weighted by Crippen LogP contribution is -2.50. The van der Waals surface area contributed by atoms with Gasteiger partial charge >= 0.3 is 0 Å². The number of halogens is 2. The number of pyridine rings is 3. The van der Waals surface area contributed by atoms with Crippen molar-refractivity contribution < 1.29 is 9.53 Å². The Balaban J connectivity index is 1.17. The first-order valence-electron chi connectivity index (χ1n) is 13.3. The van der Waals surface area contributed by atoms with Gasteiger partial charge < -0.3 is 24.8 Å². The highest BCUT2D eigenvalue weighted by atomic mass is 35.5. The summed E-state index contributed by atoms with van der Waals surface area (Å²) in [5.74, 6) is 1.70. The molecule has 0 aromatic carbocycles. The molecule has 0 aliphatic carbocycles. The van der Waals surface area contributed by atoms with Gasteiger partial charge in [-0.15, -0.1) is 0 Å². The minimum atomic E-state index is 0.0147. The number of morpholine rings is 1. The minimum Gasteiger partial charge on any atom is -0.378 e. The number of aromatic nitrogens is 4. The Kier molecular flexibility index (Phi) is 7.64. The summed E-state index contributed by atoms with van der Waals surface area (Å²) in [6, 6.07) is 8.07. The first-order chi connectivity index (χ1) is 19.5. The predicted molar refractivity (Wildman–Crippen MR) is 158 cm³/mol. The van der Waals surface area contributed by atoms with Crippen molar-refractivity contribution in [2.45, 2.75) is 6.92 Å². The summed E-state index contributed by atoms with van der Waals surface area (Å²) in [5, 5.41) is 4.41. The quantitative estimate of drug-likeness (QED) is 0.366. The molecule has 2 aliphatic heterocycles. The fourth-order valence-electron chi connectivity index (χ4n) is 5.18. The zero-order valence-corrected chi connectivity index (χ0v) is 23.7. The van der Waals surface area contributed by atoms with E-state index in [4.69, 9.17) is 37.9 Å². The number of fused-ring (bicyclic) bond motifs is 1. The van der Waals surface area contributed by atoms with Gasteiger partial charge in [-0.3, -0.25) is 14.2 Å². The van der Waals surface area contributed by atoms with Crippen molar-refractivity contribution in [2.24, 2.45) is 0 Å². The van der Waals surface area contributed by atoms with Crippen LogP contribution in [-0.2, 0) is 9.53 Å². The van der Waals surface area contributed by atoms with Crippen molar-refractivity contribution >= 4 is 52.1 Å². The largest absolute Gasteiger partial charge is 0.378 e. The number of hydrogen-bond donors (Lipinski definition) is 1. The third-order valence-electron chi connectivity index (χ3n) is 7.31. The Morgan fingerprint density at radius 2 is 1.70 bits per heavy atom. The number of amides is 1. The number of rotatable bonds is 6. The zero-order valence-electron chi connectivity index (χ0n) is 22.2. The SMILES string of the molecule is Cc1ccc2nc(-c3ccc(N4CCOCC4)nc3)c(NCC(=O)N3CCN(c4c(Cl)cncc4Cl)CC3)n2c1. The third kappa shape index (κ3) is 5.39. The molecule has 2 aliphatic rings. The number of nitrogens with one attached hydrogen (secondary N) is 1. The van der Waals surface area contributed by atoms with Crippen LogP contribution in [0.4, 0.5) is 17.3 Å². The highest BCUT2D eigenvalue weighted by Crippen LogP contribution is 2.33. The molecule has 0 unspecified atom stereocenters. The molecule has 0 atom stereocenters. The van der Waals surface area contributed by atoms with E-state index >= 15 is 0 Å². The molecule has 2 saturated heterocycles. The molecule has 10 nitrogen and oxygen atoms in total. The maximum absolute atomic E-state index is 13.3. The lowest BCUT2D eigenvalue weighted by Gasteiger charge is -2.36. The van der Waals surface area contributed by atoms with E-state index in [9.17, 15) is 4.79 Å². The van der Waals surface area contributed by atoms with Crippen LogP contribution < -0.4 is 15.1 Å². The van der Waals surface area contributed by atoms with Crippen LogP contribution in [0.5, 0.6) is 0 Å². The molecule has 6 heterocycles. The van der Waals surface area contributed by atoms with Crippen molar-refractivity contribution in [1.29, 1.82) is 0 Å². The fourth-order valence-corrected chi connectivity index (χ4v) is 5.79. The second-order valence-electron chi connectivity index (χ2n) is 9.92. The maximum Gasteiger partial charge on any atom is 0.242 e. The van der Waals surface area contributed by atoms with Gasteiger partial charge in [-0.2, -0.15) is 0 Å². The van der Waals surface area contributed by atoms with Crippen LogP contribution in [0.15, 0.2) is 49.1 Å². The maximum atomic E-state index is 13.3. The normalized spacial score (nSPS) is 16.0. The molecule has 208 valence electrons. The summed E-state index contributed by atoms with van der Waals surface area (Å²) in [6.07, 6.45) is 7.05. The lowest BCUT2D eigenvalue weighted by atomic mass is 10.2. The van der Waals surface area contributed by atoms with Gasteiger partial charge in [0.1, 0.15) is 23.0 Å². The van der Waals surface area contributed by atoms with E-state index in [0.29, 0.717) is 49.4 Å². The molecule has 6 rings (SSSR count). The summed E-state index contributed by atoms with van der Waals surface area (Å²) in [5.41, 5.74) is 4.30. The van der Waals surface area contributed by atoms with Crippen molar-refractivity contribution in [1.82, 2.24) is 24.3 Å². The van der Waals surface area contributed by atoms with Crippen LogP contribution in [-0.4, -0.2) is 89.2 Å². The van der Waals surface area contributed by atoms with E-state index in [1.54, 1.807) is 12.4 Å². The number of nitrogens with zero attached hydrogens (tertiary/aromatic N) is 7. The van der Waals surface area contributed by atoms with Crippen LogP contribution in [0.3, 0.4) is 0 Å². The Bertz CT molecular complexity index is 1490. The highest BCUT2D eigenvalue weighted by molar-refractivity contribution is 6.38. The van der Waals surface area contributed by atoms with Crippen LogP contribution >= 0.6 is 23.2 Å². The predicted octanol–water partition coefficient (Wildman–Crippen LogP) is 4.00. The summed E-state index contributed by atoms with van der Waals surface area (Å²) < 4.78 is 7.46. The molecule has 2 fully saturated rings. The first kappa shape index (κ1) is 26.6. The number of piperazine rings is 1. The summed E-state index contributed by atoms with van der Waals surface area (Å²) in [4.78, 5) is 33.1. The molecule has 0 radical (unpaired) electrons. The van der Waals surface area contributed by atoms with E-state index in [0.717, 1.165) is 52.9 Å². The number of hydrogen-bond acceptors (Lipinski definition) is 8. The molecular weight excluding hydrogens is 551 g/mol. The van der Waals surface area contributed by atoms with Crippen LogP contribution in [0.2, 0.25) is 10.0 Å². The van der Waals surface area contributed by atoms with Crippen LogP contribution in [0, 0.1) is 6.92 Å². The van der Waals surface area contributed by atoms with Gasteiger partial charge in [0.15, 0.2) is 0 Å². The van der Waals surface area contributed by atoms with E-state index in [1.165, 1.54) is 0 Å². The number of carbonyl (C=O) groups excluding carboxylic acids is 1. The van der Waals surface area contributed by atoms with Crippen molar-refractivity contribution in [3.63, 3.8) is 0 Å². The molecule has 0 bridgehead atoms. The molecule has 40 heavy (non-hydrogen) atoms. The first-order valence-corrected chi connectivity index (χ1v) is 14.1. The van der Waals surface area contributed by atoms with Gasteiger partial charge in [-0.25, -0.2) is 9.97 Å². The topological polar surface area (TPSA) is 91.1 Å². The minimum absolute atomic E-state index is 0.0147. The zero-order chi connectivity index (χ0) is 27.6. The van der Waals surface area contributed by atoms with E-state index in [1.807, 2.05) is 52.9 Å². The fraction of sp³-hybridized carbons (Fsp3) is 0.357. The summed E-state index contributed by atoms with van der Waals surface area (Å²) in [7, 11) is 0. The monoisotopic (exact) mass is 580 g/mol. The molecule has 0 spiro atoms. The molecule has 12 heteroatoms. The second-order valence-corrected chi connectivity index (χ2v) is 10.7. The van der Waals surface area contributed by atoms with E-state index in [2.05, 4.69) is 20.1 Å². The molecule has 1 N–H and O–H groups in total. The standard InChI is InChI=1S/C28H30Cl2N8O2/c1-19-2-4-24-34-26(20-3-5-23(32-14-20)35-10-12-40-13-11-35)28(38(24)18-19)33-17-25(39)36-6-8-37(9-7-36)27-21(29)15-31-16-22(27)30/h2-5,14-16,18,33H,6-13,17H2,1H3. The van der Waals surface area contributed by atoms with Gasteiger partial charge in [0.05, 0.1) is 35.5 Å². The highest BCUT2D eigenvalue weighted by Gasteiger charge is 2.25. The Morgan fingerprint density at radius 3 is 2.40 bits per heavy atom. The molecule has 4 aromatic rings. The molecule has 4 aromatic heterocycles. The molecule has 1 amide bonds. The van der Waals surface area contributed by atoms with Gasteiger partial charge in [0, 0.05) is 69.6 Å². The smallest absolute Gasteiger partial charge is 0.242 e. The van der Waals surface area contributed by atoms with Crippen LogP contribution in [0.25, 0.3) is 16.9 Å². The van der Waals surface area contributed by atoms with Crippen LogP contribution in [0.1, 0.15) is 5.56 Å². The Hall–Kier alpha value is -3.60. The Morgan fingerprint density at radius 1 is 0.950 bits per heavy atom. The van der Waals surface area contributed by atoms with Gasteiger partial charge in [0.25, 0.3) is 0 Å². The molecule has 0 saturated carbocycles. The van der Waals surface area contributed by atoms with Gasteiger partial charge in [-0.05, 0) is 30.7 Å².